The molecule has 2 heteroatoms. The summed E-state index contributed by atoms with van der Waals surface area (Å²) in [6, 6.07) is 8.76. The normalized spacial score (nSPS) is 18.1. The smallest absolute Gasteiger partial charge is 0.0175 e. The van der Waals surface area contributed by atoms with Crippen molar-refractivity contribution in [1.82, 2.24) is 5.32 Å². The van der Waals surface area contributed by atoms with E-state index in [2.05, 4.69) is 66.3 Å². The highest BCUT2D eigenvalue weighted by atomic mass is 79.9. The van der Waals surface area contributed by atoms with Crippen LogP contribution < -0.4 is 5.32 Å². The molecule has 0 unspecified atom stereocenters. The summed E-state index contributed by atoms with van der Waals surface area (Å²) in [6.07, 6.45) is 3.95. The van der Waals surface area contributed by atoms with Crippen molar-refractivity contribution in [2.45, 2.75) is 45.6 Å². The molecule has 1 aromatic carbocycles. The molecule has 0 aliphatic heterocycles. The number of nitrogens with one attached hydrogen (secondary N) is 1. The monoisotopic (exact) mass is 295 g/mol. The Labute approximate surface area is 113 Å². The first-order valence-corrected chi connectivity index (χ1v) is 7.17. The van der Waals surface area contributed by atoms with Crippen LogP contribution in [0.2, 0.25) is 0 Å². The predicted molar refractivity (Wildman–Crippen MR) is 77.3 cm³/mol. The Morgan fingerprint density at radius 3 is 2.24 bits per heavy atom. The highest BCUT2D eigenvalue weighted by Crippen LogP contribution is 2.48. The van der Waals surface area contributed by atoms with E-state index in [1.165, 1.54) is 29.3 Å². The minimum atomic E-state index is 0.231. The molecule has 17 heavy (non-hydrogen) atoms. The van der Waals surface area contributed by atoms with Crippen molar-refractivity contribution in [3.05, 3.63) is 34.3 Å². The summed E-state index contributed by atoms with van der Waals surface area (Å²) in [5, 5.41) is 3.65. The van der Waals surface area contributed by atoms with Crippen molar-refractivity contribution in [3.63, 3.8) is 0 Å². The Kier molecular flexibility index (Phi) is 3.65. The average molecular weight is 296 g/mol. The van der Waals surface area contributed by atoms with Gasteiger partial charge in [0.2, 0.25) is 0 Å². The van der Waals surface area contributed by atoms with Gasteiger partial charge in [-0.25, -0.2) is 0 Å². The lowest BCUT2D eigenvalue weighted by atomic mass is 9.95. The van der Waals surface area contributed by atoms with E-state index in [0.717, 1.165) is 6.54 Å². The fourth-order valence-electron chi connectivity index (χ4n) is 2.08. The highest BCUT2D eigenvalue weighted by molar-refractivity contribution is 9.10. The van der Waals surface area contributed by atoms with E-state index in [1.54, 1.807) is 0 Å². The molecule has 2 rings (SSSR count). The SMILES string of the molecule is CC(C)(C)NCC1(Cc2ccc(Br)cc2)CC1. The van der Waals surface area contributed by atoms with Crippen molar-refractivity contribution >= 4 is 15.9 Å². The molecular weight excluding hydrogens is 274 g/mol. The van der Waals surface area contributed by atoms with Crippen molar-refractivity contribution in [1.29, 1.82) is 0 Å². The van der Waals surface area contributed by atoms with Crippen LogP contribution in [0.5, 0.6) is 0 Å². The molecule has 1 aromatic rings. The zero-order valence-corrected chi connectivity index (χ0v) is 12.6. The third kappa shape index (κ3) is 4.11. The van der Waals surface area contributed by atoms with Crippen LogP contribution in [-0.2, 0) is 6.42 Å². The van der Waals surface area contributed by atoms with Crippen LogP contribution >= 0.6 is 15.9 Å². The first kappa shape index (κ1) is 13.1. The Bertz CT molecular complexity index is 371. The van der Waals surface area contributed by atoms with Gasteiger partial charge in [-0.15, -0.1) is 0 Å². The zero-order chi connectivity index (χ0) is 12.5. The largest absolute Gasteiger partial charge is 0.312 e. The van der Waals surface area contributed by atoms with Gasteiger partial charge in [-0.05, 0) is 63.1 Å². The Balaban J connectivity index is 1.92. The molecule has 1 fully saturated rings. The zero-order valence-electron chi connectivity index (χ0n) is 11.0. The molecule has 1 aliphatic rings. The summed E-state index contributed by atoms with van der Waals surface area (Å²) >= 11 is 3.49. The standard InChI is InChI=1S/C15H22BrN/c1-14(2,3)17-11-15(8-9-15)10-12-4-6-13(16)7-5-12/h4-7,17H,8-11H2,1-3H3. The van der Waals surface area contributed by atoms with E-state index >= 15 is 0 Å². The van der Waals surface area contributed by atoms with Gasteiger partial charge in [0, 0.05) is 16.6 Å². The predicted octanol–water partition coefficient (Wildman–Crippen LogP) is 4.16. The average Bonchev–Trinajstić information content (AvgIpc) is 2.99. The molecule has 1 aliphatic carbocycles. The van der Waals surface area contributed by atoms with Gasteiger partial charge in [0.1, 0.15) is 0 Å². The van der Waals surface area contributed by atoms with Gasteiger partial charge < -0.3 is 5.32 Å². The van der Waals surface area contributed by atoms with Gasteiger partial charge in [0.15, 0.2) is 0 Å². The molecule has 0 bridgehead atoms. The van der Waals surface area contributed by atoms with Gasteiger partial charge in [-0.2, -0.15) is 0 Å². The first-order chi connectivity index (χ1) is 7.89. The van der Waals surface area contributed by atoms with Crippen LogP contribution in [0.3, 0.4) is 0 Å². The van der Waals surface area contributed by atoms with E-state index in [9.17, 15) is 0 Å². The number of hydrogen-bond donors (Lipinski definition) is 1. The summed E-state index contributed by atoms with van der Waals surface area (Å²) in [5.41, 5.74) is 2.22. The lowest BCUT2D eigenvalue weighted by Gasteiger charge is -2.25. The summed E-state index contributed by atoms with van der Waals surface area (Å²) < 4.78 is 1.17. The van der Waals surface area contributed by atoms with Crippen LogP contribution in [0, 0.1) is 5.41 Å². The third-order valence-electron chi connectivity index (χ3n) is 3.44. The Morgan fingerprint density at radius 2 is 1.76 bits per heavy atom. The maximum atomic E-state index is 3.65. The second-order valence-corrected chi connectivity index (χ2v) is 7.32. The van der Waals surface area contributed by atoms with Gasteiger partial charge in [0.25, 0.3) is 0 Å². The molecule has 1 saturated carbocycles. The lowest BCUT2D eigenvalue weighted by Crippen LogP contribution is -2.40. The second-order valence-electron chi connectivity index (χ2n) is 6.41. The number of halogens is 1. The lowest BCUT2D eigenvalue weighted by molar-refractivity contribution is 0.356. The van der Waals surface area contributed by atoms with E-state index in [4.69, 9.17) is 0 Å². The number of hydrogen-bond acceptors (Lipinski definition) is 1. The van der Waals surface area contributed by atoms with E-state index in [-0.39, 0.29) is 5.54 Å². The Hall–Kier alpha value is -0.340. The van der Waals surface area contributed by atoms with E-state index in [1.807, 2.05) is 0 Å². The fraction of sp³-hybridized carbons (Fsp3) is 0.600. The van der Waals surface area contributed by atoms with E-state index < -0.39 is 0 Å². The van der Waals surface area contributed by atoms with Crippen LogP contribution in [-0.4, -0.2) is 12.1 Å². The molecule has 0 aromatic heterocycles. The second kappa shape index (κ2) is 4.74. The van der Waals surface area contributed by atoms with Gasteiger partial charge >= 0.3 is 0 Å². The van der Waals surface area contributed by atoms with E-state index in [0.29, 0.717) is 5.41 Å². The molecule has 0 radical (unpaired) electrons. The maximum Gasteiger partial charge on any atom is 0.0175 e. The minimum absolute atomic E-state index is 0.231. The Morgan fingerprint density at radius 1 is 1.18 bits per heavy atom. The summed E-state index contributed by atoms with van der Waals surface area (Å²) in [5.74, 6) is 0. The molecule has 1 nitrogen and oxygen atoms in total. The molecule has 0 spiro atoms. The quantitative estimate of drug-likeness (QED) is 0.879. The van der Waals surface area contributed by atoms with Crippen molar-refractivity contribution < 1.29 is 0 Å². The molecule has 0 saturated heterocycles. The molecular formula is C15H22BrN. The van der Waals surface area contributed by atoms with Crippen molar-refractivity contribution in [3.8, 4) is 0 Å². The van der Waals surface area contributed by atoms with Crippen molar-refractivity contribution in [2.75, 3.05) is 6.54 Å². The van der Waals surface area contributed by atoms with Gasteiger partial charge in [-0.1, -0.05) is 28.1 Å². The van der Waals surface area contributed by atoms with Crippen LogP contribution in [0.15, 0.2) is 28.7 Å². The topological polar surface area (TPSA) is 12.0 Å². The highest BCUT2D eigenvalue weighted by Gasteiger charge is 2.42. The molecule has 0 atom stereocenters. The minimum Gasteiger partial charge on any atom is -0.312 e. The fourth-order valence-corrected chi connectivity index (χ4v) is 2.35. The first-order valence-electron chi connectivity index (χ1n) is 6.38. The van der Waals surface area contributed by atoms with Crippen molar-refractivity contribution in [2.24, 2.45) is 5.41 Å². The molecule has 0 heterocycles. The summed E-state index contributed by atoms with van der Waals surface area (Å²) in [6.45, 7) is 7.86. The summed E-state index contributed by atoms with van der Waals surface area (Å²) in [7, 11) is 0. The van der Waals surface area contributed by atoms with Crippen LogP contribution in [0.1, 0.15) is 39.2 Å². The summed E-state index contributed by atoms with van der Waals surface area (Å²) in [4.78, 5) is 0. The van der Waals surface area contributed by atoms with Gasteiger partial charge in [0.05, 0.1) is 0 Å². The number of benzene rings is 1. The number of rotatable bonds is 4. The maximum absolute atomic E-state index is 3.65. The molecule has 1 N–H and O–H groups in total. The third-order valence-corrected chi connectivity index (χ3v) is 3.97. The van der Waals surface area contributed by atoms with Crippen LogP contribution in [0.25, 0.3) is 0 Å². The van der Waals surface area contributed by atoms with Gasteiger partial charge in [-0.3, -0.25) is 0 Å². The van der Waals surface area contributed by atoms with Crippen LogP contribution in [0.4, 0.5) is 0 Å². The molecule has 0 amide bonds. The molecule has 94 valence electrons.